The molecule has 32 heavy (non-hydrogen) atoms. The molecule has 9 nitrogen and oxygen atoms in total. The van der Waals surface area contributed by atoms with E-state index < -0.39 is 34.0 Å². The van der Waals surface area contributed by atoms with Crippen molar-refractivity contribution < 1.29 is 27.5 Å². The van der Waals surface area contributed by atoms with Gasteiger partial charge in [-0.25, -0.2) is 18.0 Å². The van der Waals surface area contributed by atoms with Crippen LogP contribution in [-0.2, 0) is 26.1 Å². The number of urea groups is 1. The van der Waals surface area contributed by atoms with Crippen molar-refractivity contribution in [3.05, 3.63) is 64.7 Å². The van der Waals surface area contributed by atoms with Gasteiger partial charge in [-0.2, -0.15) is 4.31 Å². The first-order valence-electron chi connectivity index (χ1n) is 9.65. The number of nitrogens with zero attached hydrogens (tertiary/aromatic N) is 1. The van der Waals surface area contributed by atoms with Gasteiger partial charge in [0, 0.05) is 20.1 Å². The van der Waals surface area contributed by atoms with Gasteiger partial charge in [0.15, 0.2) is 6.10 Å². The molecule has 0 aliphatic rings. The Balaban J connectivity index is 2.17. The normalized spacial score (nSPS) is 12.2. The zero-order valence-electron chi connectivity index (χ0n) is 17.8. The second-order valence-electron chi connectivity index (χ2n) is 6.78. The minimum atomic E-state index is -3.94. The number of sulfonamides is 1. The number of carbonyl (C=O) groups is 3. The topological polar surface area (TPSA) is 122 Å². The van der Waals surface area contributed by atoms with Gasteiger partial charge in [0.05, 0.1) is 15.5 Å². The maximum absolute atomic E-state index is 13.0. The molecule has 0 saturated carbocycles. The Morgan fingerprint density at radius 3 is 2.41 bits per heavy atom. The van der Waals surface area contributed by atoms with Crippen molar-refractivity contribution in [1.29, 1.82) is 0 Å². The number of ether oxygens (including phenoxy) is 1. The fraction of sp³-hybridized carbons (Fsp3) is 0.286. The first kappa shape index (κ1) is 25.3. The molecule has 0 radical (unpaired) electrons. The monoisotopic (exact) mass is 481 g/mol. The number of hydrogen-bond donors (Lipinski definition) is 2. The Kier molecular flexibility index (Phi) is 8.76. The van der Waals surface area contributed by atoms with Crippen LogP contribution in [0.15, 0.2) is 53.4 Å². The van der Waals surface area contributed by atoms with Crippen LogP contribution in [0.5, 0.6) is 0 Å². The highest BCUT2D eigenvalue weighted by Gasteiger charge is 2.26. The Morgan fingerprint density at radius 1 is 1.12 bits per heavy atom. The number of esters is 1. The molecular weight excluding hydrogens is 458 g/mol. The summed E-state index contributed by atoms with van der Waals surface area (Å²) < 4.78 is 32.1. The van der Waals surface area contributed by atoms with Crippen molar-refractivity contribution in [2.75, 3.05) is 13.6 Å². The average Bonchev–Trinajstić information content (AvgIpc) is 2.74. The number of amides is 3. The van der Waals surface area contributed by atoms with Gasteiger partial charge in [-0.05, 0) is 37.6 Å². The van der Waals surface area contributed by atoms with E-state index in [0.29, 0.717) is 6.54 Å². The van der Waals surface area contributed by atoms with Crippen molar-refractivity contribution in [3.63, 3.8) is 0 Å². The number of carbonyl (C=O) groups excluding carboxylic acids is 3. The SMILES string of the molecule is CCNC(=O)NC(=O)[C@@H](C)OC(=O)c1cc(S(=O)(=O)N(C)Cc2ccccc2)ccc1Cl. The van der Waals surface area contributed by atoms with Gasteiger partial charge >= 0.3 is 12.0 Å². The predicted octanol–water partition coefficient (Wildman–Crippen LogP) is 2.55. The van der Waals surface area contributed by atoms with Crippen molar-refractivity contribution >= 4 is 39.5 Å². The van der Waals surface area contributed by atoms with Gasteiger partial charge in [-0.15, -0.1) is 0 Å². The summed E-state index contributed by atoms with van der Waals surface area (Å²) in [5.41, 5.74) is 0.567. The van der Waals surface area contributed by atoms with E-state index in [-0.39, 0.29) is 22.0 Å². The van der Waals surface area contributed by atoms with Gasteiger partial charge < -0.3 is 10.1 Å². The van der Waals surface area contributed by atoms with E-state index in [1.807, 2.05) is 11.4 Å². The highest BCUT2D eigenvalue weighted by Crippen LogP contribution is 2.24. The van der Waals surface area contributed by atoms with Gasteiger partial charge in [-0.3, -0.25) is 10.1 Å². The number of rotatable bonds is 8. The number of nitrogens with one attached hydrogen (secondary N) is 2. The molecule has 2 N–H and O–H groups in total. The average molecular weight is 482 g/mol. The minimum Gasteiger partial charge on any atom is -0.449 e. The van der Waals surface area contributed by atoms with Gasteiger partial charge in [0.25, 0.3) is 5.91 Å². The fourth-order valence-electron chi connectivity index (χ4n) is 2.62. The zero-order valence-corrected chi connectivity index (χ0v) is 19.4. The zero-order chi connectivity index (χ0) is 23.9. The molecule has 3 amide bonds. The Bertz CT molecular complexity index is 1090. The van der Waals surface area contributed by atoms with Crippen LogP contribution in [0.3, 0.4) is 0 Å². The molecule has 11 heteroatoms. The van der Waals surface area contributed by atoms with E-state index >= 15 is 0 Å². The standard InChI is InChI=1S/C21H24ClN3O6S/c1-4-23-21(28)24-19(26)14(2)31-20(27)17-12-16(10-11-18(17)22)32(29,30)25(3)13-15-8-6-5-7-9-15/h5-12,14H,4,13H2,1-3H3,(H2,23,24,26,28)/t14-/m1/s1. The summed E-state index contributed by atoms with van der Waals surface area (Å²) in [7, 11) is -2.52. The lowest BCUT2D eigenvalue weighted by atomic mass is 10.2. The van der Waals surface area contributed by atoms with Crippen LogP contribution in [0.25, 0.3) is 0 Å². The number of imide groups is 1. The third kappa shape index (κ3) is 6.52. The molecule has 0 unspecified atom stereocenters. The van der Waals surface area contributed by atoms with Crippen LogP contribution < -0.4 is 10.6 Å². The molecule has 0 fully saturated rings. The molecule has 2 rings (SSSR count). The quantitative estimate of drug-likeness (QED) is 0.559. The van der Waals surface area contributed by atoms with E-state index in [4.69, 9.17) is 16.3 Å². The van der Waals surface area contributed by atoms with E-state index in [2.05, 4.69) is 5.32 Å². The molecule has 0 saturated heterocycles. The van der Waals surface area contributed by atoms with Gasteiger partial charge in [0.1, 0.15) is 0 Å². The molecule has 0 heterocycles. The molecule has 1 atom stereocenters. The molecule has 0 spiro atoms. The lowest BCUT2D eigenvalue weighted by Gasteiger charge is -2.18. The first-order chi connectivity index (χ1) is 15.1. The Morgan fingerprint density at radius 2 is 1.78 bits per heavy atom. The van der Waals surface area contributed by atoms with Crippen molar-refractivity contribution in [2.45, 2.75) is 31.4 Å². The second kappa shape index (κ2) is 11.1. The Hall–Kier alpha value is -2.95. The summed E-state index contributed by atoms with van der Waals surface area (Å²) in [6.45, 7) is 3.38. The van der Waals surface area contributed by atoms with Crippen molar-refractivity contribution in [2.24, 2.45) is 0 Å². The summed E-state index contributed by atoms with van der Waals surface area (Å²) in [5, 5.41) is 4.35. The highest BCUT2D eigenvalue weighted by molar-refractivity contribution is 7.89. The number of halogens is 1. The maximum atomic E-state index is 13.0. The third-order valence-electron chi connectivity index (χ3n) is 4.34. The molecule has 172 valence electrons. The Labute approximate surface area is 191 Å². The second-order valence-corrected chi connectivity index (χ2v) is 9.24. The molecule has 0 bridgehead atoms. The predicted molar refractivity (Wildman–Crippen MR) is 119 cm³/mol. The van der Waals surface area contributed by atoms with Crippen molar-refractivity contribution in [3.8, 4) is 0 Å². The van der Waals surface area contributed by atoms with Crippen LogP contribution >= 0.6 is 11.6 Å². The summed E-state index contributed by atoms with van der Waals surface area (Å²) in [5.74, 6) is -1.84. The molecule has 0 aliphatic heterocycles. The lowest BCUT2D eigenvalue weighted by molar-refractivity contribution is -0.127. The fourth-order valence-corrected chi connectivity index (χ4v) is 4.00. The van der Waals surface area contributed by atoms with Crippen LogP contribution in [0.1, 0.15) is 29.8 Å². The minimum absolute atomic E-state index is 0.0454. The van der Waals surface area contributed by atoms with E-state index in [1.165, 1.54) is 26.1 Å². The lowest BCUT2D eigenvalue weighted by Crippen LogP contribution is -2.44. The summed E-state index contributed by atoms with van der Waals surface area (Å²) >= 11 is 6.07. The van der Waals surface area contributed by atoms with Crippen LogP contribution in [-0.4, -0.2) is 50.3 Å². The summed E-state index contributed by atoms with van der Waals surface area (Å²) in [4.78, 5) is 35.8. The van der Waals surface area contributed by atoms with Crippen molar-refractivity contribution in [1.82, 2.24) is 14.9 Å². The van der Waals surface area contributed by atoms with Crippen LogP contribution in [0, 0.1) is 0 Å². The summed E-state index contributed by atoms with van der Waals surface area (Å²) in [6, 6.07) is 11.9. The molecule has 2 aromatic rings. The van der Waals surface area contributed by atoms with E-state index in [9.17, 15) is 22.8 Å². The first-order valence-corrected chi connectivity index (χ1v) is 11.5. The molecule has 2 aromatic carbocycles. The van der Waals surface area contributed by atoms with Crippen LogP contribution in [0.4, 0.5) is 4.79 Å². The number of hydrogen-bond acceptors (Lipinski definition) is 6. The summed E-state index contributed by atoms with van der Waals surface area (Å²) in [6.07, 6.45) is -1.32. The van der Waals surface area contributed by atoms with Gasteiger partial charge in [0.2, 0.25) is 10.0 Å². The molecule has 0 aromatic heterocycles. The molecule has 0 aliphatic carbocycles. The smallest absolute Gasteiger partial charge is 0.340 e. The molecular formula is C21H24ClN3O6S. The number of benzene rings is 2. The third-order valence-corrected chi connectivity index (χ3v) is 6.47. The van der Waals surface area contributed by atoms with E-state index in [1.54, 1.807) is 31.2 Å². The van der Waals surface area contributed by atoms with Gasteiger partial charge in [-0.1, -0.05) is 41.9 Å². The maximum Gasteiger partial charge on any atom is 0.340 e. The van der Waals surface area contributed by atoms with E-state index in [0.717, 1.165) is 15.9 Å². The largest absolute Gasteiger partial charge is 0.449 e. The van der Waals surface area contributed by atoms with Crippen LogP contribution in [0.2, 0.25) is 5.02 Å². The highest BCUT2D eigenvalue weighted by atomic mass is 35.5.